The van der Waals surface area contributed by atoms with Gasteiger partial charge in [0.2, 0.25) is 0 Å². The first kappa shape index (κ1) is 13.8. The van der Waals surface area contributed by atoms with Crippen molar-refractivity contribution in [1.29, 1.82) is 0 Å². The van der Waals surface area contributed by atoms with Crippen LogP contribution in [0.5, 0.6) is 5.75 Å². The smallest absolute Gasteiger partial charge is 0.179 e. The lowest BCUT2D eigenvalue weighted by atomic mass is 10.1. The van der Waals surface area contributed by atoms with E-state index in [4.69, 9.17) is 4.74 Å². The molecule has 0 heterocycles. The van der Waals surface area contributed by atoms with Gasteiger partial charge in [-0.3, -0.25) is 4.79 Å². The Morgan fingerprint density at radius 2 is 1.74 bits per heavy atom. The summed E-state index contributed by atoms with van der Waals surface area (Å²) in [6.45, 7) is 2.28. The molecule has 0 amide bonds. The number of benzene rings is 2. The molecule has 2 aromatic carbocycles. The van der Waals surface area contributed by atoms with Gasteiger partial charge < -0.3 is 4.74 Å². The molecule has 0 aliphatic carbocycles. The summed E-state index contributed by atoms with van der Waals surface area (Å²) in [5.41, 5.74) is 1.69. The molecule has 3 heteroatoms. The van der Waals surface area contributed by atoms with E-state index in [0.29, 0.717) is 17.9 Å². The van der Waals surface area contributed by atoms with Crippen molar-refractivity contribution in [1.82, 2.24) is 0 Å². The standard InChI is InChI=1S/C16H15BrO2/c1-12(17)16(18)14-9-5-6-10-15(14)19-11-13-7-3-2-4-8-13/h2-10,12H,11H2,1H3. The van der Waals surface area contributed by atoms with Gasteiger partial charge in [-0.15, -0.1) is 0 Å². The lowest BCUT2D eigenvalue weighted by Crippen LogP contribution is -2.12. The highest BCUT2D eigenvalue weighted by Crippen LogP contribution is 2.22. The zero-order chi connectivity index (χ0) is 13.7. The number of carbonyl (C=O) groups excluding carboxylic acids is 1. The minimum absolute atomic E-state index is 0.0312. The first-order valence-corrected chi connectivity index (χ1v) is 7.04. The van der Waals surface area contributed by atoms with Gasteiger partial charge in [0.15, 0.2) is 5.78 Å². The van der Waals surface area contributed by atoms with Crippen LogP contribution in [0.15, 0.2) is 54.6 Å². The molecule has 0 saturated carbocycles. The number of Topliss-reactive ketones (excluding diaryl/α,β-unsaturated/α-hetero) is 1. The highest BCUT2D eigenvalue weighted by Gasteiger charge is 2.16. The molecular weight excluding hydrogens is 304 g/mol. The average Bonchev–Trinajstić information content (AvgIpc) is 2.45. The molecule has 1 unspecified atom stereocenters. The Balaban J connectivity index is 2.14. The van der Waals surface area contributed by atoms with Crippen LogP contribution >= 0.6 is 15.9 Å². The quantitative estimate of drug-likeness (QED) is 0.609. The fraction of sp³-hybridized carbons (Fsp3) is 0.188. The molecule has 0 radical (unpaired) electrons. The highest BCUT2D eigenvalue weighted by atomic mass is 79.9. The number of para-hydroxylation sites is 1. The fourth-order valence-corrected chi connectivity index (χ4v) is 1.99. The van der Waals surface area contributed by atoms with E-state index in [1.807, 2.05) is 55.5 Å². The molecule has 0 spiro atoms. The Kier molecular flexibility index (Phi) is 4.74. The molecule has 19 heavy (non-hydrogen) atoms. The number of hydrogen-bond acceptors (Lipinski definition) is 2. The average molecular weight is 319 g/mol. The summed E-state index contributed by atoms with van der Waals surface area (Å²) in [4.78, 5) is 11.8. The van der Waals surface area contributed by atoms with Gasteiger partial charge in [0.25, 0.3) is 0 Å². The van der Waals surface area contributed by atoms with Crippen molar-refractivity contribution in [2.75, 3.05) is 0 Å². The Morgan fingerprint density at radius 1 is 1.11 bits per heavy atom. The lowest BCUT2D eigenvalue weighted by molar-refractivity contribution is 0.0991. The van der Waals surface area contributed by atoms with Crippen molar-refractivity contribution in [3.63, 3.8) is 0 Å². The van der Waals surface area contributed by atoms with Crippen LogP contribution in [0, 0.1) is 0 Å². The third kappa shape index (κ3) is 3.67. The summed E-state index contributed by atoms with van der Waals surface area (Å²) in [5.74, 6) is 0.659. The maximum Gasteiger partial charge on any atom is 0.179 e. The minimum Gasteiger partial charge on any atom is -0.488 e. The van der Waals surface area contributed by atoms with E-state index in [2.05, 4.69) is 15.9 Å². The molecule has 0 aliphatic heterocycles. The molecule has 0 aliphatic rings. The predicted molar refractivity (Wildman–Crippen MR) is 79.9 cm³/mol. The van der Waals surface area contributed by atoms with Gasteiger partial charge in [0, 0.05) is 0 Å². The van der Waals surface area contributed by atoms with E-state index < -0.39 is 0 Å². The van der Waals surface area contributed by atoms with Gasteiger partial charge in [0.05, 0.1) is 10.4 Å². The first-order chi connectivity index (χ1) is 9.18. The zero-order valence-electron chi connectivity index (χ0n) is 10.7. The predicted octanol–water partition coefficient (Wildman–Crippen LogP) is 4.23. The highest BCUT2D eigenvalue weighted by molar-refractivity contribution is 9.10. The number of ketones is 1. The van der Waals surface area contributed by atoms with E-state index in [-0.39, 0.29) is 10.6 Å². The Labute approximate surface area is 121 Å². The molecule has 2 aromatic rings. The molecule has 1 atom stereocenters. The van der Waals surface area contributed by atoms with Crippen molar-refractivity contribution in [3.8, 4) is 5.75 Å². The summed E-state index contributed by atoms with van der Waals surface area (Å²) in [5, 5.41) is 0. The van der Waals surface area contributed by atoms with Crippen LogP contribution in [0.1, 0.15) is 22.8 Å². The number of carbonyl (C=O) groups is 1. The number of ether oxygens (including phenoxy) is 1. The zero-order valence-corrected chi connectivity index (χ0v) is 12.3. The second-order valence-corrected chi connectivity index (χ2v) is 5.62. The van der Waals surface area contributed by atoms with Gasteiger partial charge in [-0.25, -0.2) is 0 Å². The van der Waals surface area contributed by atoms with Crippen LogP contribution in [0.4, 0.5) is 0 Å². The van der Waals surface area contributed by atoms with Crippen LogP contribution in [-0.4, -0.2) is 10.6 Å². The maximum absolute atomic E-state index is 12.0. The lowest BCUT2D eigenvalue weighted by Gasteiger charge is -2.11. The third-order valence-electron chi connectivity index (χ3n) is 2.75. The molecule has 2 nitrogen and oxygen atoms in total. The van der Waals surface area contributed by atoms with Gasteiger partial charge in [-0.1, -0.05) is 58.4 Å². The topological polar surface area (TPSA) is 26.3 Å². The van der Waals surface area contributed by atoms with Gasteiger partial charge in [-0.2, -0.15) is 0 Å². The molecule has 0 bridgehead atoms. The monoisotopic (exact) mass is 318 g/mol. The normalized spacial score (nSPS) is 11.9. The molecule has 0 aromatic heterocycles. The van der Waals surface area contributed by atoms with Crippen molar-refractivity contribution >= 4 is 21.7 Å². The number of rotatable bonds is 5. The van der Waals surface area contributed by atoms with Gasteiger partial charge in [0.1, 0.15) is 12.4 Å². The molecule has 0 N–H and O–H groups in total. The fourth-order valence-electron chi connectivity index (χ4n) is 1.75. The molecule has 98 valence electrons. The van der Waals surface area contributed by atoms with Gasteiger partial charge >= 0.3 is 0 Å². The molecule has 0 saturated heterocycles. The van der Waals surface area contributed by atoms with Crippen molar-refractivity contribution in [2.24, 2.45) is 0 Å². The Morgan fingerprint density at radius 3 is 2.42 bits per heavy atom. The van der Waals surface area contributed by atoms with Crippen LogP contribution in [0.2, 0.25) is 0 Å². The van der Waals surface area contributed by atoms with Crippen LogP contribution in [-0.2, 0) is 6.61 Å². The molecular formula is C16H15BrO2. The number of hydrogen-bond donors (Lipinski definition) is 0. The third-order valence-corrected chi connectivity index (χ3v) is 3.17. The van der Waals surface area contributed by atoms with E-state index in [0.717, 1.165) is 5.56 Å². The van der Waals surface area contributed by atoms with E-state index >= 15 is 0 Å². The second-order valence-electron chi connectivity index (χ2n) is 4.25. The van der Waals surface area contributed by atoms with E-state index in [1.165, 1.54) is 0 Å². The summed E-state index contributed by atoms with van der Waals surface area (Å²) >= 11 is 3.30. The van der Waals surface area contributed by atoms with Crippen LogP contribution < -0.4 is 4.74 Å². The van der Waals surface area contributed by atoms with Crippen molar-refractivity contribution < 1.29 is 9.53 Å². The second kappa shape index (κ2) is 6.53. The van der Waals surface area contributed by atoms with Crippen molar-refractivity contribution in [2.45, 2.75) is 18.4 Å². The van der Waals surface area contributed by atoms with Crippen LogP contribution in [0.25, 0.3) is 0 Å². The SMILES string of the molecule is CC(Br)C(=O)c1ccccc1OCc1ccccc1. The summed E-state index contributed by atoms with van der Waals surface area (Å²) < 4.78 is 5.75. The largest absolute Gasteiger partial charge is 0.488 e. The summed E-state index contributed by atoms with van der Waals surface area (Å²) in [6.07, 6.45) is 0. The minimum atomic E-state index is -0.214. The van der Waals surface area contributed by atoms with Gasteiger partial charge in [-0.05, 0) is 24.6 Å². The van der Waals surface area contributed by atoms with Crippen molar-refractivity contribution in [3.05, 3.63) is 65.7 Å². The first-order valence-electron chi connectivity index (χ1n) is 6.12. The van der Waals surface area contributed by atoms with E-state index in [9.17, 15) is 4.79 Å². The molecule has 0 fully saturated rings. The number of halogens is 1. The Bertz CT molecular complexity index is 550. The summed E-state index contributed by atoms with van der Waals surface area (Å²) in [6, 6.07) is 17.2. The summed E-state index contributed by atoms with van der Waals surface area (Å²) in [7, 11) is 0. The van der Waals surface area contributed by atoms with Crippen LogP contribution in [0.3, 0.4) is 0 Å². The maximum atomic E-state index is 12.0. The van der Waals surface area contributed by atoms with E-state index in [1.54, 1.807) is 6.07 Å². The Hall–Kier alpha value is -1.61. The molecule has 2 rings (SSSR count). The number of alkyl halides is 1.